The number of ketones is 1. The molecular weight excluding hydrogens is 472 g/mol. The van der Waals surface area contributed by atoms with Crippen LogP contribution in [0.3, 0.4) is 0 Å². The van der Waals surface area contributed by atoms with Gasteiger partial charge in [-0.3, -0.25) is 14.5 Å². The lowest BCUT2D eigenvalue weighted by molar-refractivity contribution is -0.129. The lowest BCUT2D eigenvalue weighted by Gasteiger charge is -2.30. The first-order valence-corrected chi connectivity index (χ1v) is 12.5. The number of carbonyl (C=O) groups is 2. The van der Waals surface area contributed by atoms with Crippen LogP contribution in [0.5, 0.6) is 5.75 Å². The zero-order valence-corrected chi connectivity index (χ0v) is 20.6. The van der Waals surface area contributed by atoms with Gasteiger partial charge in [0, 0.05) is 31.6 Å². The van der Waals surface area contributed by atoms with Crippen LogP contribution < -0.4 is 4.74 Å². The number of benzene rings is 2. The lowest BCUT2D eigenvalue weighted by atomic mass is 9.95. The molecule has 0 bridgehead atoms. The second-order valence-electron chi connectivity index (χ2n) is 9.12. The Morgan fingerprint density at radius 1 is 1.11 bits per heavy atom. The predicted molar refractivity (Wildman–Crippen MR) is 139 cm³/mol. The van der Waals surface area contributed by atoms with Crippen LogP contribution in [-0.4, -0.2) is 72.6 Å². The van der Waals surface area contributed by atoms with Crippen molar-refractivity contribution in [2.75, 3.05) is 46.0 Å². The largest absolute Gasteiger partial charge is 0.503 e. The SMILES string of the molecule is C=CCOc1ccc([C@H]2C(C(=O)c3cc4ccccc4o3)=C(O)C(=O)N2CCCN2CCOCC2)cc1. The van der Waals surface area contributed by atoms with Crippen LogP contribution in [0, 0.1) is 0 Å². The molecule has 8 heteroatoms. The van der Waals surface area contributed by atoms with Crippen LogP contribution in [-0.2, 0) is 9.53 Å². The number of aliphatic hydroxyl groups is 1. The van der Waals surface area contributed by atoms with Crippen molar-refractivity contribution in [3.63, 3.8) is 0 Å². The molecule has 1 aromatic heterocycles. The molecule has 192 valence electrons. The Kier molecular flexibility index (Phi) is 7.39. The van der Waals surface area contributed by atoms with Crippen molar-refractivity contribution in [3.05, 3.63) is 89.9 Å². The maximum atomic E-state index is 13.7. The Morgan fingerprint density at radius 2 is 1.86 bits per heavy atom. The third-order valence-corrected chi connectivity index (χ3v) is 6.74. The van der Waals surface area contributed by atoms with Gasteiger partial charge in [0.15, 0.2) is 11.5 Å². The van der Waals surface area contributed by atoms with E-state index >= 15 is 0 Å². The average Bonchev–Trinajstić information content (AvgIpc) is 3.47. The highest BCUT2D eigenvalue weighted by Gasteiger charge is 2.44. The Balaban J connectivity index is 1.44. The van der Waals surface area contributed by atoms with E-state index < -0.39 is 23.5 Å². The van der Waals surface area contributed by atoms with Gasteiger partial charge in [0.2, 0.25) is 5.78 Å². The molecule has 0 radical (unpaired) electrons. The summed E-state index contributed by atoms with van der Waals surface area (Å²) < 4.78 is 16.8. The second kappa shape index (κ2) is 11.0. The van der Waals surface area contributed by atoms with Gasteiger partial charge in [-0.05, 0) is 36.2 Å². The molecule has 1 fully saturated rings. The number of furan rings is 1. The topological polar surface area (TPSA) is 92.5 Å². The minimum absolute atomic E-state index is 0.0233. The van der Waals surface area contributed by atoms with Crippen LogP contribution in [0.4, 0.5) is 0 Å². The maximum Gasteiger partial charge on any atom is 0.290 e. The van der Waals surface area contributed by atoms with Crippen LogP contribution >= 0.6 is 0 Å². The minimum atomic E-state index is -0.744. The third-order valence-electron chi connectivity index (χ3n) is 6.74. The normalized spacial score (nSPS) is 18.5. The predicted octanol–water partition coefficient (Wildman–Crippen LogP) is 4.30. The summed E-state index contributed by atoms with van der Waals surface area (Å²) >= 11 is 0. The molecule has 2 aromatic carbocycles. The maximum absolute atomic E-state index is 13.7. The van der Waals surface area contributed by atoms with Crippen molar-refractivity contribution < 1.29 is 28.6 Å². The van der Waals surface area contributed by atoms with E-state index in [9.17, 15) is 14.7 Å². The van der Waals surface area contributed by atoms with Crippen LogP contribution in [0.1, 0.15) is 28.6 Å². The molecule has 1 saturated heterocycles. The summed E-state index contributed by atoms with van der Waals surface area (Å²) in [5.74, 6) is -0.867. The molecule has 3 aromatic rings. The fourth-order valence-electron chi connectivity index (χ4n) is 4.88. The minimum Gasteiger partial charge on any atom is -0.503 e. The van der Waals surface area contributed by atoms with Gasteiger partial charge in [0.05, 0.1) is 24.8 Å². The molecular formula is C29H30N2O6. The molecule has 37 heavy (non-hydrogen) atoms. The molecule has 5 rings (SSSR count). The summed E-state index contributed by atoms with van der Waals surface area (Å²) in [6.07, 6.45) is 2.35. The first-order valence-electron chi connectivity index (χ1n) is 12.5. The van der Waals surface area contributed by atoms with E-state index in [4.69, 9.17) is 13.9 Å². The van der Waals surface area contributed by atoms with Gasteiger partial charge in [0.1, 0.15) is 17.9 Å². The lowest BCUT2D eigenvalue weighted by Crippen LogP contribution is -2.39. The fourth-order valence-corrected chi connectivity index (χ4v) is 4.88. The van der Waals surface area contributed by atoms with Gasteiger partial charge in [-0.15, -0.1) is 0 Å². The first-order chi connectivity index (χ1) is 18.1. The molecule has 0 spiro atoms. The van der Waals surface area contributed by atoms with Gasteiger partial charge in [-0.25, -0.2) is 0 Å². The van der Waals surface area contributed by atoms with Crippen LogP contribution in [0.15, 0.2) is 83.0 Å². The number of ether oxygens (including phenoxy) is 2. The summed E-state index contributed by atoms with van der Waals surface area (Å²) in [6.45, 7) is 8.30. The summed E-state index contributed by atoms with van der Waals surface area (Å²) in [5, 5.41) is 11.7. The summed E-state index contributed by atoms with van der Waals surface area (Å²) in [6, 6.07) is 15.4. The number of para-hydroxylation sites is 1. The number of aliphatic hydroxyl groups excluding tert-OH is 1. The summed E-state index contributed by atoms with van der Waals surface area (Å²) in [4.78, 5) is 30.8. The van der Waals surface area contributed by atoms with Gasteiger partial charge >= 0.3 is 0 Å². The monoisotopic (exact) mass is 502 g/mol. The molecule has 2 aliphatic rings. The van der Waals surface area contributed by atoms with Crippen molar-refractivity contribution in [2.24, 2.45) is 0 Å². The van der Waals surface area contributed by atoms with E-state index in [2.05, 4.69) is 11.5 Å². The Morgan fingerprint density at radius 3 is 2.59 bits per heavy atom. The number of fused-ring (bicyclic) bond motifs is 1. The summed E-state index contributed by atoms with van der Waals surface area (Å²) in [7, 11) is 0. The van der Waals surface area contributed by atoms with E-state index in [0.717, 1.165) is 25.0 Å². The standard InChI is InChI=1S/C29H30N2O6/c1-2-16-36-22-10-8-20(9-11-22)26-25(27(32)24-19-21-6-3-4-7-23(21)37-24)28(33)29(34)31(26)13-5-12-30-14-17-35-18-15-30/h2-4,6-11,19,26,33H,1,5,12-18H2/t26-/m0/s1. The number of amides is 1. The number of carbonyl (C=O) groups excluding carboxylic acids is 2. The average molecular weight is 503 g/mol. The number of Topliss-reactive ketones (excluding diaryl/α,β-unsaturated/α-hetero) is 1. The van der Waals surface area contributed by atoms with Crippen molar-refractivity contribution in [1.29, 1.82) is 0 Å². The number of nitrogens with zero attached hydrogens (tertiary/aromatic N) is 2. The zero-order chi connectivity index (χ0) is 25.8. The Bertz CT molecular complexity index is 1290. The second-order valence-corrected chi connectivity index (χ2v) is 9.12. The number of hydrogen-bond acceptors (Lipinski definition) is 7. The van der Waals surface area contributed by atoms with Crippen molar-refractivity contribution in [1.82, 2.24) is 9.80 Å². The smallest absolute Gasteiger partial charge is 0.290 e. The van der Waals surface area contributed by atoms with Crippen molar-refractivity contribution in [2.45, 2.75) is 12.5 Å². The Hall–Kier alpha value is -3.88. The quantitative estimate of drug-likeness (QED) is 0.326. The number of hydrogen-bond donors (Lipinski definition) is 1. The van der Waals surface area contributed by atoms with E-state index in [-0.39, 0.29) is 11.3 Å². The van der Waals surface area contributed by atoms with Gasteiger partial charge < -0.3 is 23.9 Å². The third kappa shape index (κ3) is 5.16. The molecule has 0 unspecified atom stereocenters. The molecule has 1 N–H and O–H groups in total. The van der Waals surface area contributed by atoms with E-state index in [0.29, 0.717) is 49.7 Å². The van der Waals surface area contributed by atoms with Crippen LogP contribution in [0.2, 0.25) is 0 Å². The van der Waals surface area contributed by atoms with Gasteiger partial charge in [-0.2, -0.15) is 0 Å². The molecule has 0 saturated carbocycles. The van der Waals surface area contributed by atoms with Gasteiger partial charge in [-0.1, -0.05) is 43.0 Å². The molecule has 1 amide bonds. The van der Waals surface area contributed by atoms with Crippen molar-refractivity contribution >= 4 is 22.7 Å². The zero-order valence-electron chi connectivity index (χ0n) is 20.6. The first kappa shape index (κ1) is 24.8. The van der Waals surface area contributed by atoms with E-state index in [1.165, 1.54) is 0 Å². The highest BCUT2D eigenvalue weighted by molar-refractivity contribution is 6.16. The van der Waals surface area contributed by atoms with Gasteiger partial charge in [0.25, 0.3) is 5.91 Å². The van der Waals surface area contributed by atoms with Crippen LogP contribution in [0.25, 0.3) is 11.0 Å². The highest BCUT2D eigenvalue weighted by atomic mass is 16.5. The molecule has 2 aliphatic heterocycles. The highest BCUT2D eigenvalue weighted by Crippen LogP contribution is 2.40. The molecule has 0 aliphatic carbocycles. The fraction of sp³-hybridized carbons (Fsp3) is 0.310. The van der Waals surface area contributed by atoms with E-state index in [1.807, 2.05) is 30.3 Å². The molecule has 8 nitrogen and oxygen atoms in total. The summed E-state index contributed by atoms with van der Waals surface area (Å²) in [5.41, 5.74) is 1.29. The van der Waals surface area contributed by atoms with Crippen molar-refractivity contribution in [3.8, 4) is 5.75 Å². The molecule has 3 heterocycles. The Labute approximate surface area is 215 Å². The number of morpholine rings is 1. The number of rotatable bonds is 10. The molecule has 1 atom stereocenters. The van der Waals surface area contributed by atoms with E-state index in [1.54, 1.807) is 35.2 Å².